The molecular weight excluding hydrogens is 252 g/mol. The van der Waals surface area contributed by atoms with E-state index in [-0.39, 0.29) is 16.7 Å². The van der Waals surface area contributed by atoms with Gasteiger partial charge in [0.1, 0.15) is 0 Å². The Labute approximate surface area is 110 Å². The summed E-state index contributed by atoms with van der Waals surface area (Å²) in [4.78, 5) is 11.2. The lowest BCUT2D eigenvalue weighted by molar-refractivity contribution is -0.387. The van der Waals surface area contributed by atoms with Gasteiger partial charge in [-0.15, -0.1) is 11.8 Å². The molecule has 0 amide bonds. The normalized spacial score (nSPS) is 20.8. The molecule has 18 heavy (non-hydrogen) atoms. The second kappa shape index (κ2) is 6.17. The summed E-state index contributed by atoms with van der Waals surface area (Å²) in [6.45, 7) is 1.48. The maximum Gasteiger partial charge on any atom is 0.282 e. The average Bonchev–Trinajstić information content (AvgIpc) is 2.90. The van der Waals surface area contributed by atoms with Crippen LogP contribution < -0.4 is 5.73 Å². The third kappa shape index (κ3) is 3.22. The number of ether oxygens (including phenoxy) is 1. The van der Waals surface area contributed by atoms with Crippen molar-refractivity contribution in [3.05, 3.63) is 34.4 Å². The molecule has 2 atom stereocenters. The van der Waals surface area contributed by atoms with E-state index >= 15 is 0 Å². The van der Waals surface area contributed by atoms with Gasteiger partial charge in [-0.1, -0.05) is 12.1 Å². The summed E-state index contributed by atoms with van der Waals surface area (Å²) in [5.41, 5.74) is 6.23. The fourth-order valence-corrected chi connectivity index (χ4v) is 3.05. The lowest BCUT2D eigenvalue weighted by Crippen LogP contribution is -2.32. The lowest BCUT2D eigenvalue weighted by Gasteiger charge is -2.16. The van der Waals surface area contributed by atoms with Crippen LogP contribution in [0.15, 0.2) is 29.2 Å². The molecule has 1 heterocycles. The van der Waals surface area contributed by atoms with Gasteiger partial charge in [0.05, 0.1) is 16.4 Å². The predicted molar refractivity (Wildman–Crippen MR) is 70.7 cm³/mol. The minimum Gasteiger partial charge on any atom is -0.381 e. The van der Waals surface area contributed by atoms with Crippen molar-refractivity contribution in [1.29, 1.82) is 0 Å². The molecule has 1 saturated heterocycles. The first kappa shape index (κ1) is 13.3. The average molecular weight is 268 g/mol. The van der Waals surface area contributed by atoms with E-state index < -0.39 is 0 Å². The van der Waals surface area contributed by atoms with E-state index in [1.807, 2.05) is 0 Å². The van der Waals surface area contributed by atoms with Crippen molar-refractivity contribution >= 4 is 17.4 Å². The summed E-state index contributed by atoms with van der Waals surface area (Å²) in [5.74, 6) is 1.05. The number of nitrogens with two attached hydrogens (primary N) is 1. The van der Waals surface area contributed by atoms with Crippen molar-refractivity contribution < 1.29 is 9.66 Å². The van der Waals surface area contributed by atoms with Crippen molar-refractivity contribution in [3.63, 3.8) is 0 Å². The molecule has 0 bridgehead atoms. The van der Waals surface area contributed by atoms with Gasteiger partial charge in [-0.25, -0.2) is 0 Å². The molecule has 1 fully saturated rings. The Balaban J connectivity index is 1.95. The van der Waals surface area contributed by atoms with Crippen LogP contribution in [-0.4, -0.2) is 29.9 Å². The number of nitro groups is 1. The molecule has 0 saturated carbocycles. The van der Waals surface area contributed by atoms with Crippen molar-refractivity contribution in [1.82, 2.24) is 0 Å². The molecule has 5 nitrogen and oxygen atoms in total. The smallest absolute Gasteiger partial charge is 0.282 e. The highest BCUT2D eigenvalue weighted by molar-refractivity contribution is 7.99. The van der Waals surface area contributed by atoms with Crippen molar-refractivity contribution in [2.75, 3.05) is 19.0 Å². The fourth-order valence-electron chi connectivity index (χ4n) is 1.94. The van der Waals surface area contributed by atoms with Crippen molar-refractivity contribution in [2.24, 2.45) is 11.7 Å². The number of thioether (sulfide) groups is 1. The quantitative estimate of drug-likeness (QED) is 0.502. The summed E-state index contributed by atoms with van der Waals surface area (Å²) in [6, 6.07) is 6.79. The molecule has 0 radical (unpaired) electrons. The van der Waals surface area contributed by atoms with Crippen LogP contribution in [0.4, 0.5) is 5.69 Å². The van der Waals surface area contributed by atoms with E-state index in [0.717, 1.165) is 13.0 Å². The highest BCUT2D eigenvalue weighted by Crippen LogP contribution is 2.30. The van der Waals surface area contributed by atoms with E-state index in [1.165, 1.54) is 17.8 Å². The second-order valence-electron chi connectivity index (χ2n) is 4.32. The van der Waals surface area contributed by atoms with Gasteiger partial charge in [0, 0.05) is 30.4 Å². The van der Waals surface area contributed by atoms with Gasteiger partial charge in [0.15, 0.2) is 0 Å². The molecular formula is C12H16N2O3S. The summed E-state index contributed by atoms with van der Waals surface area (Å²) < 4.78 is 5.29. The lowest BCUT2D eigenvalue weighted by atomic mass is 10.0. The van der Waals surface area contributed by atoms with Gasteiger partial charge in [0.2, 0.25) is 0 Å². The molecule has 1 aromatic rings. The Morgan fingerprint density at radius 1 is 1.56 bits per heavy atom. The molecule has 6 heteroatoms. The Bertz CT molecular complexity index is 422. The first-order valence-electron chi connectivity index (χ1n) is 5.88. The number of hydrogen-bond donors (Lipinski definition) is 1. The topological polar surface area (TPSA) is 78.4 Å². The fraction of sp³-hybridized carbons (Fsp3) is 0.500. The van der Waals surface area contributed by atoms with Crippen LogP contribution in [0.3, 0.4) is 0 Å². The maximum absolute atomic E-state index is 10.9. The minimum absolute atomic E-state index is 0.0253. The minimum atomic E-state index is -0.355. The molecule has 1 aliphatic heterocycles. The summed E-state index contributed by atoms with van der Waals surface area (Å²) in [7, 11) is 0. The zero-order valence-electron chi connectivity index (χ0n) is 9.95. The molecule has 2 unspecified atom stereocenters. The molecule has 0 aromatic heterocycles. The monoisotopic (exact) mass is 268 g/mol. The number of benzene rings is 1. The van der Waals surface area contributed by atoms with Gasteiger partial charge in [-0.05, 0) is 12.5 Å². The number of hydrogen-bond acceptors (Lipinski definition) is 5. The molecule has 1 aromatic carbocycles. The second-order valence-corrected chi connectivity index (χ2v) is 5.39. The summed E-state index contributed by atoms with van der Waals surface area (Å²) >= 11 is 1.45. The number of para-hydroxylation sites is 1. The molecule has 1 aliphatic rings. The zero-order chi connectivity index (χ0) is 13.0. The van der Waals surface area contributed by atoms with Crippen LogP contribution in [-0.2, 0) is 4.74 Å². The third-order valence-corrected chi connectivity index (χ3v) is 4.27. The van der Waals surface area contributed by atoms with Crippen LogP contribution in [0.1, 0.15) is 6.42 Å². The standard InChI is InChI=1S/C12H16N2O3S/c13-10(9-5-6-17-7-9)8-18-12-4-2-1-3-11(12)14(15)16/h1-4,9-10H,5-8,13H2. The summed E-state index contributed by atoms with van der Waals surface area (Å²) in [6.07, 6.45) is 0.985. The van der Waals surface area contributed by atoms with Gasteiger partial charge in [-0.3, -0.25) is 10.1 Å². The number of nitrogens with zero attached hydrogens (tertiary/aromatic N) is 1. The van der Waals surface area contributed by atoms with Gasteiger partial charge < -0.3 is 10.5 Å². The Hall–Kier alpha value is -1.11. The van der Waals surface area contributed by atoms with E-state index in [9.17, 15) is 10.1 Å². The highest BCUT2D eigenvalue weighted by Gasteiger charge is 2.23. The molecule has 2 N–H and O–H groups in total. The van der Waals surface area contributed by atoms with E-state index in [4.69, 9.17) is 10.5 Å². The molecule has 0 spiro atoms. The van der Waals surface area contributed by atoms with Crippen LogP contribution in [0.2, 0.25) is 0 Å². The van der Waals surface area contributed by atoms with E-state index in [1.54, 1.807) is 18.2 Å². The van der Waals surface area contributed by atoms with Gasteiger partial charge >= 0.3 is 0 Å². The summed E-state index contributed by atoms with van der Waals surface area (Å²) in [5, 5.41) is 10.9. The van der Waals surface area contributed by atoms with Gasteiger partial charge in [0.25, 0.3) is 5.69 Å². The van der Waals surface area contributed by atoms with E-state index in [2.05, 4.69) is 0 Å². The first-order chi connectivity index (χ1) is 8.68. The maximum atomic E-state index is 10.9. The Morgan fingerprint density at radius 2 is 2.33 bits per heavy atom. The molecule has 98 valence electrons. The molecule has 0 aliphatic carbocycles. The Morgan fingerprint density at radius 3 is 3.00 bits per heavy atom. The van der Waals surface area contributed by atoms with E-state index in [0.29, 0.717) is 23.2 Å². The van der Waals surface area contributed by atoms with Crippen LogP contribution >= 0.6 is 11.8 Å². The highest BCUT2D eigenvalue weighted by atomic mass is 32.2. The van der Waals surface area contributed by atoms with Crippen molar-refractivity contribution in [3.8, 4) is 0 Å². The van der Waals surface area contributed by atoms with Crippen LogP contribution in [0, 0.1) is 16.0 Å². The van der Waals surface area contributed by atoms with Crippen LogP contribution in [0.5, 0.6) is 0 Å². The number of nitro benzene ring substituents is 1. The first-order valence-corrected chi connectivity index (χ1v) is 6.86. The molecule has 2 rings (SSSR count). The van der Waals surface area contributed by atoms with Gasteiger partial charge in [-0.2, -0.15) is 0 Å². The Kier molecular flexibility index (Phi) is 4.57. The third-order valence-electron chi connectivity index (χ3n) is 3.06. The SMILES string of the molecule is NC(CSc1ccccc1[N+](=O)[O-])C1CCOC1. The zero-order valence-corrected chi connectivity index (χ0v) is 10.8. The number of rotatable bonds is 5. The predicted octanol–water partition coefficient (Wildman–Crippen LogP) is 2.05. The van der Waals surface area contributed by atoms with Crippen molar-refractivity contribution in [2.45, 2.75) is 17.4 Å². The largest absolute Gasteiger partial charge is 0.381 e. The van der Waals surface area contributed by atoms with Crippen LogP contribution in [0.25, 0.3) is 0 Å².